The molecule has 0 saturated heterocycles. The van der Waals surface area contributed by atoms with Gasteiger partial charge in [-0.1, -0.05) is 60.7 Å². The van der Waals surface area contributed by atoms with Crippen molar-refractivity contribution in [2.45, 2.75) is 57.7 Å². The molecule has 0 nitrogen and oxygen atoms in total. The second-order valence-corrected chi connectivity index (χ2v) is 5.89. The summed E-state index contributed by atoms with van der Waals surface area (Å²) in [5.74, 6) is -0.0700. The summed E-state index contributed by atoms with van der Waals surface area (Å²) < 4.78 is 13.5. The SMILES string of the molecule is CCCCCCC(Br)c1cc(C)c(F)c(C)c1. The molecule has 0 N–H and O–H groups in total. The number of hydrogen-bond donors (Lipinski definition) is 0. The van der Waals surface area contributed by atoms with Crippen LogP contribution < -0.4 is 0 Å². The molecule has 0 aliphatic carbocycles. The molecule has 0 aliphatic rings. The molecule has 1 unspecified atom stereocenters. The van der Waals surface area contributed by atoms with Gasteiger partial charge in [-0.2, -0.15) is 0 Å². The Morgan fingerprint density at radius 1 is 1.12 bits per heavy atom. The Morgan fingerprint density at radius 3 is 2.24 bits per heavy atom. The number of alkyl halides is 1. The fourth-order valence-electron chi connectivity index (χ4n) is 2.08. The summed E-state index contributed by atoms with van der Waals surface area (Å²) in [5, 5.41) is 0. The van der Waals surface area contributed by atoms with Gasteiger partial charge in [0.25, 0.3) is 0 Å². The van der Waals surface area contributed by atoms with E-state index in [4.69, 9.17) is 0 Å². The molecule has 17 heavy (non-hydrogen) atoms. The quantitative estimate of drug-likeness (QED) is 0.457. The van der Waals surface area contributed by atoms with Gasteiger partial charge in [0, 0.05) is 4.83 Å². The fraction of sp³-hybridized carbons (Fsp3) is 0.600. The molecule has 2 heteroatoms. The van der Waals surface area contributed by atoms with Crippen molar-refractivity contribution in [3.8, 4) is 0 Å². The van der Waals surface area contributed by atoms with Gasteiger partial charge in [0.05, 0.1) is 0 Å². The van der Waals surface area contributed by atoms with Crippen LogP contribution in [0.1, 0.15) is 60.5 Å². The molecule has 0 fully saturated rings. The zero-order valence-electron chi connectivity index (χ0n) is 11.0. The zero-order valence-corrected chi connectivity index (χ0v) is 12.6. The maximum absolute atomic E-state index is 13.5. The van der Waals surface area contributed by atoms with E-state index in [1.165, 1.54) is 31.2 Å². The van der Waals surface area contributed by atoms with Crippen LogP contribution in [0.3, 0.4) is 0 Å². The Morgan fingerprint density at radius 2 is 1.71 bits per heavy atom. The predicted molar refractivity (Wildman–Crippen MR) is 76.3 cm³/mol. The highest BCUT2D eigenvalue weighted by atomic mass is 79.9. The van der Waals surface area contributed by atoms with Crippen LogP contribution in [-0.4, -0.2) is 0 Å². The highest BCUT2D eigenvalue weighted by molar-refractivity contribution is 9.09. The lowest BCUT2D eigenvalue weighted by molar-refractivity contribution is 0.605. The maximum Gasteiger partial charge on any atom is 0.129 e. The Kier molecular flexibility index (Phi) is 6.18. The first-order valence-corrected chi connectivity index (χ1v) is 7.38. The molecule has 0 heterocycles. The highest BCUT2D eigenvalue weighted by Gasteiger charge is 2.11. The molecule has 1 atom stereocenters. The van der Waals surface area contributed by atoms with Crippen molar-refractivity contribution in [3.63, 3.8) is 0 Å². The van der Waals surface area contributed by atoms with Crippen LogP contribution in [0.4, 0.5) is 4.39 Å². The standard InChI is InChI=1S/C15H22BrF/c1-4-5-6-7-8-14(16)13-9-11(2)15(17)12(3)10-13/h9-10,14H,4-8H2,1-3H3. The van der Waals surface area contributed by atoms with Gasteiger partial charge >= 0.3 is 0 Å². The summed E-state index contributed by atoms with van der Waals surface area (Å²) in [5.41, 5.74) is 2.70. The normalized spacial score (nSPS) is 12.8. The minimum absolute atomic E-state index is 0.0700. The van der Waals surface area contributed by atoms with Crippen LogP contribution in [0.15, 0.2) is 12.1 Å². The molecule has 1 aromatic rings. The molecule has 0 aliphatic heterocycles. The van der Waals surface area contributed by atoms with E-state index in [0.29, 0.717) is 4.83 Å². The van der Waals surface area contributed by atoms with Crippen molar-refractivity contribution in [3.05, 3.63) is 34.6 Å². The molecule has 0 spiro atoms. The highest BCUT2D eigenvalue weighted by Crippen LogP contribution is 2.31. The van der Waals surface area contributed by atoms with Crippen molar-refractivity contribution in [1.29, 1.82) is 0 Å². The lowest BCUT2D eigenvalue weighted by Crippen LogP contribution is -1.96. The van der Waals surface area contributed by atoms with Crippen molar-refractivity contribution in [2.24, 2.45) is 0 Å². The molecule has 1 rings (SSSR count). The van der Waals surface area contributed by atoms with Gasteiger partial charge in [-0.25, -0.2) is 4.39 Å². The molecule has 0 bridgehead atoms. The molecular weight excluding hydrogens is 279 g/mol. The summed E-state index contributed by atoms with van der Waals surface area (Å²) in [6.07, 6.45) is 6.23. The van der Waals surface area contributed by atoms with Crippen molar-refractivity contribution >= 4 is 15.9 Å². The van der Waals surface area contributed by atoms with Gasteiger partial charge in [-0.3, -0.25) is 0 Å². The van der Waals surface area contributed by atoms with Crippen molar-refractivity contribution in [2.75, 3.05) is 0 Å². The average molecular weight is 301 g/mol. The molecule has 0 saturated carbocycles. The summed E-state index contributed by atoms with van der Waals surface area (Å²) in [4.78, 5) is 0.359. The molecule has 1 aromatic carbocycles. The number of hydrogen-bond acceptors (Lipinski definition) is 0. The number of rotatable bonds is 6. The maximum atomic E-state index is 13.5. The van der Waals surface area contributed by atoms with Crippen molar-refractivity contribution in [1.82, 2.24) is 0 Å². The third kappa shape index (κ3) is 4.42. The van der Waals surface area contributed by atoms with Crippen LogP contribution in [-0.2, 0) is 0 Å². The smallest absolute Gasteiger partial charge is 0.129 e. The first-order valence-electron chi connectivity index (χ1n) is 6.47. The van der Waals surface area contributed by atoms with Crippen molar-refractivity contribution < 1.29 is 4.39 Å². The fourth-order valence-corrected chi connectivity index (χ4v) is 2.67. The summed E-state index contributed by atoms with van der Waals surface area (Å²) >= 11 is 3.71. The Balaban J connectivity index is 2.60. The molecule has 0 amide bonds. The predicted octanol–water partition coefficient (Wildman–Crippen LogP) is 5.85. The van der Waals surface area contributed by atoms with E-state index in [9.17, 15) is 4.39 Å². The Bertz CT molecular complexity index is 337. The summed E-state index contributed by atoms with van der Waals surface area (Å²) in [7, 11) is 0. The van der Waals surface area contributed by atoms with E-state index in [1.807, 2.05) is 26.0 Å². The molecule has 0 aromatic heterocycles. The summed E-state index contributed by atoms with van der Waals surface area (Å²) in [6.45, 7) is 5.89. The second-order valence-electron chi connectivity index (χ2n) is 4.79. The average Bonchev–Trinajstić information content (AvgIpc) is 2.30. The molecular formula is C15H22BrF. The first-order chi connectivity index (χ1) is 8.06. The van der Waals surface area contributed by atoms with Gasteiger partial charge in [0.2, 0.25) is 0 Å². The van der Waals surface area contributed by atoms with E-state index in [1.54, 1.807) is 0 Å². The lowest BCUT2D eigenvalue weighted by atomic mass is 10.0. The van der Waals surface area contributed by atoms with E-state index in [-0.39, 0.29) is 5.82 Å². The number of benzene rings is 1. The van der Waals surface area contributed by atoms with E-state index in [2.05, 4.69) is 22.9 Å². The van der Waals surface area contributed by atoms with E-state index >= 15 is 0 Å². The third-order valence-corrected chi connectivity index (χ3v) is 4.12. The molecule has 0 radical (unpaired) electrons. The monoisotopic (exact) mass is 300 g/mol. The van der Waals surface area contributed by atoms with Gasteiger partial charge in [0.1, 0.15) is 5.82 Å². The van der Waals surface area contributed by atoms with Gasteiger partial charge in [0.15, 0.2) is 0 Å². The van der Waals surface area contributed by atoms with E-state index in [0.717, 1.165) is 17.5 Å². The number of aryl methyl sites for hydroxylation is 2. The van der Waals surface area contributed by atoms with Crippen LogP contribution in [0, 0.1) is 19.7 Å². The Labute approximate surface area is 113 Å². The minimum Gasteiger partial charge on any atom is -0.206 e. The van der Waals surface area contributed by atoms with Gasteiger partial charge in [-0.05, 0) is 37.0 Å². The number of unbranched alkanes of at least 4 members (excludes halogenated alkanes) is 3. The Hall–Kier alpha value is -0.370. The van der Waals surface area contributed by atoms with Gasteiger partial charge < -0.3 is 0 Å². The van der Waals surface area contributed by atoms with Crippen LogP contribution in [0.5, 0.6) is 0 Å². The second kappa shape index (κ2) is 7.15. The number of halogens is 2. The zero-order chi connectivity index (χ0) is 12.8. The topological polar surface area (TPSA) is 0 Å². The van der Waals surface area contributed by atoms with Crippen LogP contribution >= 0.6 is 15.9 Å². The first kappa shape index (κ1) is 14.7. The lowest BCUT2D eigenvalue weighted by Gasteiger charge is -2.13. The minimum atomic E-state index is -0.0700. The third-order valence-electron chi connectivity index (χ3n) is 3.13. The largest absolute Gasteiger partial charge is 0.206 e. The van der Waals surface area contributed by atoms with E-state index < -0.39 is 0 Å². The van der Waals surface area contributed by atoms with Crippen LogP contribution in [0.2, 0.25) is 0 Å². The molecule has 96 valence electrons. The summed E-state index contributed by atoms with van der Waals surface area (Å²) in [6, 6.07) is 3.92. The van der Waals surface area contributed by atoms with Gasteiger partial charge in [-0.15, -0.1) is 0 Å². The van der Waals surface area contributed by atoms with Crippen LogP contribution in [0.25, 0.3) is 0 Å².